The molecule has 2 aromatic heterocycles. The van der Waals surface area contributed by atoms with Crippen LogP contribution in [0.2, 0.25) is 0 Å². The molecule has 0 radical (unpaired) electrons. The summed E-state index contributed by atoms with van der Waals surface area (Å²) in [5, 5.41) is 4.05. The molecule has 0 saturated carbocycles. The summed E-state index contributed by atoms with van der Waals surface area (Å²) in [6.45, 7) is 0.497. The molecule has 0 fully saturated rings. The van der Waals surface area contributed by atoms with E-state index in [1.54, 1.807) is 18.5 Å². The van der Waals surface area contributed by atoms with E-state index in [-0.39, 0.29) is 11.3 Å². The third kappa shape index (κ3) is 4.03. The highest BCUT2D eigenvalue weighted by atomic mass is 19.4. The minimum absolute atomic E-state index is 0.136. The first-order valence-electron chi connectivity index (χ1n) is 8.81. The highest BCUT2D eigenvalue weighted by molar-refractivity contribution is 5.92. The van der Waals surface area contributed by atoms with Crippen molar-refractivity contribution in [2.75, 3.05) is 5.32 Å². The number of fused-ring (bicyclic) bond motifs is 1. The van der Waals surface area contributed by atoms with Gasteiger partial charge in [-0.15, -0.1) is 0 Å². The lowest BCUT2D eigenvalue weighted by atomic mass is 10.0. The molecule has 146 valence electrons. The highest BCUT2D eigenvalue weighted by Gasteiger charge is 2.31. The van der Waals surface area contributed by atoms with Crippen molar-refractivity contribution in [2.24, 2.45) is 0 Å². The largest absolute Gasteiger partial charge is 0.416 e. The van der Waals surface area contributed by atoms with Crippen LogP contribution in [0, 0.1) is 5.82 Å². The van der Waals surface area contributed by atoms with Crippen LogP contribution in [0.1, 0.15) is 11.1 Å². The SMILES string of the molecule is Fc1ccc(C(F)(F)F)cc1-c1ccc2cccc(NCc3cccnc3)c2n1. The molecule has 1 N–H and O–H groups in total. The summed E-state index contributed by atoms with van der Waals surface area (Å²) in [6, 6.07) is 14.8. The van der Waals surface area contributed by atoms with E-state index in [4.69, 9.17) is 0 Å². The first kappa shape index (κ1) is 18.9. The molecule has 0 bridgehead atoms. The summed E-state index contributed by atoms with van der Waals surface area (Å²) in [6.07, 6.45) is -1.15. The van der Waals surface area contributed by atoms with Crippen molar-refractivity contribution >= 4 is 16.6 Å². The molecule has 0 unspecified atom stereocenters. The maximum atomic E-state index is 14.3. The zero-order chi connectivity index (χ0) is 20.4. The van der Waals surface area contributed by atoms with Gasteiger partial charge in [-0.05, 0) is 42.0 Å². The first-order valence-corrected chi connectivity index (χ1v) is 8.81. The van der Waals surface area contributed by atoms with Gasteiger partial charge in [0.25, 0.3) is 0 Å². The summed E-state index contributed by atoms with van der Waals surface area (Å²) in [4.78, 5) is 8.52. The number of alkyl halides is 3. The monoisotopic (exact) mass is 397 g/mol. The minimum atomic E-state index is -4.56. The second-order valence-electron chi connectivity index (χ2n) is 6.48. The van der Waals surface area contributed by atoms with Crippen molar-refractivity contribution < 1.29 is 17.6 Å². The van der Waals surface area contributed by atoms with Crippen LogP contribution in [0.25, 0.3) is 22.2 Å². The van der Waals surface area contributed by atoms with Gasteiger partial charge in [-0.3, -0.25) is 4.98 Å². The van der Waals surface area contributed by atoms with Gasteiger partial charge in [-0.25, -0.2) is 9.37 Å². The number of benzene rings is 2. The Labute approximate surface area is 164 Å². The van der Waals surface area contributed by atoms with Gasteiger partial charge in [0, 0.05) is 29.9 Å². The maximum Gasteiger partial charge on any atom is 0.416 e. The average Bonchev–Trinajstić information content (AvgIpc) is 2.72. The normalized spacial score (nSPS) is 11.6. The summed E-state index contributed by atoms with van der Waals surface area (Å²) in [5.74, 6) is -0.759. The molecule has 0 aliphatic rings. The zero-order valence-electron chi connectivity index (χ0n) is 15.0. The van der Waals surface area contributed by atoms with E-state index < -0.39 is 17.6 Å². The number of hydrogen-bond acceptors (Lipinski definition) is 3. The summed E-state index contributed by atoms with van der Waals surface area (Å²) < 4.78 is 53.4. The van der Waals surface area contributed by atoms with E-state index in [1.165, 1.54) is 6.07 Å². The van der Waals surface area contributed by atoms with E-state index in [1.807, 2.05) is 30.3 Å². The molecule has 4 aromatic rings. The van der Waals surface area contributed by atoms with Gasteiger partial charge in [0.1, 0.15) is 5.82 Å². The number of halogens is 4. The number of aromatic nitrogens is 2. The van der Waals surface area contributed by atoms with Gasteiger partial charge >= 0.3 is 6.18 Å². The Hall–Kier alpha value is -3.48. The molecule has 0 aliphatic carbocycles. The van der Waals surface area contributed by atoms with Crippen LogP contribution >= 0.6 is 0 Å². The minimum Gasteiger partial charge on any atom is -0.379 e. The first-order chi connectivity index (χ1) is 13.9. The molecular formula is C22H15F4N3. The number of hydrogen-bond donors (Lipinski definition) is 1. The van der Waals surface area contributed by atoms with Crippen LogP contribution in [0.3, 0.4) is 0 Å². The number of pyridine rings is 2. The van der Waals surface area contributed by atoms with Crippen LogP contribution < -0.4 is 5.32 Å². The van der Waals surface area contributed by atoms with Crippen molar-refractivity contribution in [2.45, 2.75) is 12.7 Å². The van der Waals surface area contributed by atoms with Crippen LogP contribution in [0.4, 0.5) is 23.2 Å². The average molecular weight is 397 g/mol. The van der Waals surface area contributed by atoms with E-state index >= 15 is 0 Å². The smallest absolute Gasteiger partial charge is 0.379 e. The van der Waals surface area contributed by atoms with Crippen LogP contribution in [-0.2, 0) is 12.7 Å². The number of nitrogens with one attached hydrogen (secondary N) is 1. The van der Waals surface area contributed by atoms with Gasteiger partial charge in [-0.2, -0.15) is 13.2 Å². The molecule has 0 saturated heterocycles. The Balaban J connectivity index is 1.74. The molecule has 7 heteroatoms. The Morgan fingerprint density at radius 1 is 0.931 bits per heavy atom. The number of anilines is 1. The molecular weight excluding hydrogens is 382 g/mol. The predicted molar refractivity (Wildman–Crippen MR) is 104 cm³/mol. The Morgan fingerprint density at radius 3 is 2.55 bits per heavy atom. The molecule has 2 heterocycles. The lowest BCUT2D eigenvalue weighted by Crippen LogP contribution is -2.06. The molecule has 0 aliphatic heterocycles. The molecule has 29 heavy (non-hydrogen) atoms. The lowest BCUT2D eigenvalue weighted by Gasteiger charge is -2.12. The molecule has 4 rings (SSSR count). The zero-order valence-corrected chi connectivity index (χ0v) is 15.0. The second-order valence-corrected chi connectivity index (χ2v) is 6.48. The molecule has 0 spiro atoms. The fraction of sp³-hybridized carbons (Fsp3) is 0.0909. The van der Waals surface area contributed by atoms with E-state index in [9.17, 15) is 17.6 Å². The van der Waals surface area contributed by atoms with Crippen LogP contribution in [0.15, 0.2) is 73.1 Å². The summed E-state index contributed by atoms with van der Waals surface area (Å²) in [5.41, 5.74) is 1.23. The van der Waals surface area contributed by atoms with Gasteiger partial charge in [-0.1, -0.05) is 24.3 Å². The fourth-order valence-electron chi connectivity index (χ4n) is 3.04. The van der Waals surface area contributed by atoms with Crippen LogP contribution in [0.5, 0.6) is 0 Å². The third-order valence-corrected chi connectivity index (χ3v) is 4.50. The number of nitrogens with zero attached hydrogens (tertiary/aromatic N) is 2. The van der Waals surface area contributed by atoms with Crippen LogP contribution in [-0.4, -0.2) is 9.97 Å². The molecule has 2 aromatic carbocycles. The number of rotatable bonds is 4. The van der Waals surface area contributed by atoms with Gasteiger partial charge in [0.2, 0.25) is 0 Å². The fourth-order valence-corrected chi connectivity index (χ4v) is 3.04. The topological polar surface area (TPSA) is 37.8 Å². The predicted octanol–water partition coefficient (Wildman–Crippen LogP) is 6.07. The molecule has 0 amide bonds. The van der Waals surface area contributed by atoms with Gasteiger partial charge in [0.15, 0.2) is 0 Å². The highest BCUT2D eigenvalue weighted by Crippen LogP contribution is 2.34. The van der Waals surface area contributed by atoms with Crippen molar-refractivity contribution in [3.63, 3.8) is 0 Å². The van der Waals surface area contributed by atoms with E-state index in [2.05, 4.69) is 15.3 Å². The maximum absolute atomic E-state index is 14.3. The third-order valence-electron chi connectivity index (χ3n) is 4.50. The summed E-state index contributed by atoms with van der Waals surface area (Å²) >= 11 is 0. The van der Waals surface area contributed by atoms with Crippen molar-refractivity contribution in [3.05, 3.63) is 90.0 Å². The van der Waals surface area contributed by atoms with E-state index in [0.29, 0.717) is 17.7 Å². The van der Waals surface area contributed by atoms with Crippen molar-refractivity contribution in [3.8, 4) is 11.3 Å². The van der Waals surface area contributed by atoms with Crippen molar-refractivity contribution in [1.82, 2.24) is 9.97 Å². The molecule has 3 nitrogen and oxygen atoms in total. The van der Waals surface area contributed by atoms with Crippen molar-refractivity contribution in [1.29, 1.82) is 0 Å². The quantitative estimate of drug-likeness (QED) is 0.425. The van der Waals surface area contributed by atoms with Gasteiger partial charge < -0.3 is 5.32 Å². The lowest BCUT2D eigenvalue weighted by molar-refractivity contribution is -0.137. The van der Waals surface area contributed by atoms with E-state index in [0.717, 1.165) is 29.1 Å². The Kier molecular flexibility index (Phi) is 4.88. The van der Waals surface area contributed by atoms with Gasteiger partial charge in [0.05, 0.1) is 22.5 Å². The Bertz CT molecular complexity index is 1160. The standard InChI is InChI=1S/C22H15F4N3/c23-18-8-7-16(22(24,25)26)11-17(18)19-9-6-15-4-1-5-20(21(15)29-19)28-13-14-3-2-10-27-12-14/h1-12,28H,13H2. The Morgan fingerprint density at radius 2 is 1.79 bits per heavy atom. The second kappa shape index (κ2) is 7.50. The summed E-state index contributed by atoms with van der Waals surface area (Å²) in [7, 11) is 0. The molecule has 0 atom stereocenters. The number of para-hydroxylation sites is 1.